The zero-order valence-corrected chi connectivity index (χ0v) is 13.9. The molecule has 1 aliphatic heterocycles. The number of ether oxygens (including phenoxy) is 1. The van der Waals surface area contributed by atoms with E-state index in [9.17, 15) is 18.5 Å². The molecule has 0 bridgehead atoms. The van der Waals surface area contributed by atoms with Crippen molar-refractivity contribution in [3.8, 4) is 0 Å². The van der Waals surface area contributed by atoms with Gasteiger partial charge in [0.05, 0.1) is 12.9 Å². The van der Waals surface area contributed by atoms with E-state index < -0.39 is 46.1 Å². The maximum atomic E-state index is 14.6. The number of alkyl halides is 2. The Labute approximate surface area is 141 Å². The molecule has 0 aromatic carbocycles. The van der Waals surface area contributed by atoms with E-state index in [0.717, 1.165) is 0 Å². The molecule has 25 heavy (non-hydrogen) atoms. The summed E-state index contributed by atoms with van der Waals surface area (Å²) in [5.41, 5.74) is 4.08. The summed E-state index contributed by atoms with van der Waals surface area (Å²) in [6, 6.07) is 0. The third-order valence-electron chi connectivity index (χ3n) is 4.01. The third kappa shape index (κ3) is 2.80. The predicted octanol–water partition coefficient (Wildman–Crippen LogP) is 0.610. The standard InChI is InChI=1S/C12H15F2N6O4P/c1-16-8-6-9(19-11(15)18-8)20(4-17-6)10-5(14)7(21)12(2-13,24-10)3-23-25-22/h4-5,7,10,21H,2-3H2,1H3,(H3,15,16,18,19)/t5-,7-,10+,12+/m0/s1. The van der Waals surface area contributed by atoms with Crippen LogP contribution in [0.3, 0.4) is 0 Å². The Morgan fingerprint density at radius 1 is 1.60 bits per heavy atom. The first-order valence-electron chi connectivity index (χ1n) is 7.15. The van der Waals surface area contributed by atoms with Crippen molar-refractivity contribution in [2.45, 2.75) is 24.1 Å². The van der Waals surface area contributed by atoms with Gasteiger partial charge in [-0.15, -0.1) is 0 Å². The molecule has 0 unspecified atom stereocenters. The highest BCUT2D eigenvalue weighted by Crippen LogP contribution is 2.41. The SMILES string of the molecule is CNc1nc(N)nc2c1ncn2[C@@H]1O[C@](CF)(COP=O)[C@@H](O)[C@@H]1F. The van der Waals surface area contributed by atoms with E-state index in [1.165, 1.54) is 10.9 Å². The molecular weight excluding hydrogens is 361 g/mol. The monoisotopic (exact) mass is 376 g/mol. The number of aromatic nitrogens is 4. The molecule has 0 spiro atoms. The third-order valence-corrected chi connectivity index (χ3v) is 4.24. The average Bonchev–Trinajstić information content (AvgIpc) is 3.13. The Hall–Kier alpha value is -2.01. The van der Waals surface area contributed by atoms with Gasteiger partial charge in [-0.3, -0.25) is 9.09 Å². The van der Waals surface area contributed by atoms with Crippen molar-refractivity contribution >= 4 is 31.6 Å². The van der Waals surface area contributed by atoms with E-state index in [1.807, 2.05) is 0 Å². The van der Waals surface area contributed by atoms with Crippen molar-refractivity contribution in [2.24, 2.45) is 0 Å². The minimum Gasteiger partial charge on any atom is -0.387 e. The molecule has 0 radical (unpaired) electrons. The summed E-state index contributed by atoms with van der Waals surface area (Å²) in [7, 11) is 0.859. The summed E-state index contributed by atoms with van der Waals surface area (Å²) in [6.07, 6.45) is -4.05. The van der Waals surface area contributed by atoms with Crippen LogP contribution >= 0.6 is 8.69 Å². The fraction of sp³-hybridized carbons (Fsp3) is 0.583. The number of aliphatic hydroxyl groups excluding tert-OH is 1. The number of anilines is 2. The van der Waals surface area contributed by atoms with Crippen LogP contribution in [-0.2, 0) is 13.8 Å². The second kappa shape index (κ2) is 6.71. The number of fused-ring (bicyclic) bond motifs is 1. The van der Waals surface area contributed by atoms with Crippen LogP contribution in [0.25, 0.3) is 11.2 Å². The highest BCUT2D eigenvalue weighted by molar-refractivity contribution is 7.17. The second-order valence-electron chi connectivity index (χ2n) is 5.45. The lowest BCUT2D eigenvalue weighted by molar-refractivity contribution is -0.130. The van der Waals surface area contributed by atoms with Gasteiger partial charge in [0.25, 0.3) is 0 Å². The van der Waals surface area contributed by atoms with E-state index in [2.05, 4.69) is 24.8 Å². The number of aliphatic hydroxyl groups is 1. The molecule has 2 aromatic heterocycles. The Morgan fingerprint density at radius 2 is 2.36 bits per heavy atom. The smallest absolute Gasteiger partial charge is 0.327 e. The average molecular weight is 376 g/mol. The van der Waals surface area contributed by atoms with Gasteiger partial charge in [0, 0.05) is 7.05 Å². The number of imidazole rings is 1. The molecule has 4 atom stereocenters. The summed E-state index contributed by atoms with van der Waals surface area (Å²) in [4.78, 5) is 12.1. The van der Waals surface area contributed by atoms with Crippen molar-refractivity contribution < 1.29 is 27.7 Å². The maximum absolute atomic E-state index is 14.6. The summed E-state index contributed by atoms with van der Waals surface area (Å²) < 4.78 is 49.8. The van der Waals surface area contributed by atoms with E-state index in [1.54, 1.807) is 7.05 Å². The molecule has 1 saturated heterocycles. The molecule has 3 heterocycles. The molecule has 2 aromatic rings. The number of nitrogens with two attached hydrogens (primary N) is 1. The Kier molecular flexibility index (Phi) is 4.78. The molecular formula is C12H15F2N6O4P. The zero-order chi connectivity index (χ0) is 18.2. The lowest BCUT2D eigenvalue weighted by Gasteiger charge is -2.26. The highest BCUT2D eigenvalue weighted by Gasteiger charge is 2.57. The zero-order valence-electron chi connectivity index (χ0n) is 13.0. The number of rotatable bonds is 6. The van der Waals surface area contributed by atoms with Crippen LogP contribution in [0.5, 0.6) is 0 Å². The van der Waals surface area contributed by atoms with Crippen molar-refractivity contribution in [3.63, 3.8) is 0 Å². The molecule has 1 aliphatic rings. The molecule has 0 amide bonds. The van der Waals surface area contributed by atoms with Crippen LogP contribution in [0.2, 0.25) is 0 Å². The van der Waals surface area contributed by atoms with Crippen molar-refractivity contribution in [1.82, 2.24) is 19.5 Å². The number of hydrogen-bond donors (Lipinski definition) is 3. The quantitative estimate of drug-likeness (QED) is 0.619. The minimum atomic E-state index is -2.01. The first-order chi connectivity index (χ1) is 12.0. The van der Waals surface area contributed by atoms with Gasteiger partial charge in [-0.05, 0) is 0 Å². The summed E-state index contributed by atoms with van der Waals surface area (Å²) >= 11 is 0. The Balaban J connectivity index is 2.03. The van der Waals surface area contributed by atoms with Crippen LogP contribution < -0.4 is 11.1 Å². The van der Waals surface area contributed by atoms with Gasteiger partial charge in [-0.2, -0.15) is 9.97 Å². The van der Waals surface area contributed by atoms with Gasteiger partial charge < -0.3 is 20.9 Å². The summed E-state index contributed by atoms with van der Waals surface area (Å²) in [5, 5.41) is 12.9. The van der Waals surface area contributed by atoms with Crippen LogP contribution in [0.4, 0.5) is 20.5 Å². The van der Waals surface area contributed by atoms with Gasteiger partial charge in [0.2, 0.25) is 5.95 Å². The lowest BCUT2D eigenvalue weighted by Crippen LogP contribution is -2.47. The minimum absolute atomic E-state index is 0.0854. The van der Waals surface area contributed by atoms with E-state index in [0.29, 0.717) is 11.3 Å². The first kappa shape index (κ1) is 17.8. The van der Waals surface area contributed by atoms with Gasteiger partial charge in [0.1, 0.15) is 12.8 Å². The fourth-order valence-corrected chi connectivity index (χ4v) is 3.00. The molecule has 3 rings (SSSR count). The van der Waals surface area contributed by atoms with E-state index >= 15 is 0 Å². The topological polar surface area (TPSA) is 137 Å². The normalized spacial score (nSPS) is 29.5. The number of nitrogens with zero attached hydrogens (tertiary/aromatic N) is 4. The van der Waals surface area contributed by atoms with Crippen LogP contribution in [0, 0.1) is 0 Å². The Morgan fingerprint density at radius 3 is 3.00 bits per heavy atom. The molecule has 10 nitrogen and oxygen atoms in total. The van der Waals surface area contributed by atoms with E-state index in [4.69, 9.17) is 10.5 Å². The van der Waals surface area contributed by atoms with Crippen LogP contribution in [0.1, 0.15) is 6.23 Å². The fourth-order valence-electron chi connectivity index (χ4n) is 2.73. The first-order valence-corrected chi connectivity index (χ1v) is 7.88. The second-order valence-corrected chi connectivity index (χ2v) is 5.86. The highest BCUT2D eigenvalue weighted by atomic mass is 31.1. The van der Waals surface area contributed by atoms with Gasteiger partial charge in [-0.1, -0.05) is 0 Å². The van der Waals surface area contributed by atoms with Crippen LogP contribution in [-0.4, -0.2) is 62.8 Å². The summed E-state index contributed by atoms with van der Waals surface area (Å²) in [6.45, 7) is -1.84. The number of hydrogen-bond acceptors (Lipinski definition) is 9. The van der Waals surface area contributed by atoms with Gasteiger partial charge in [0.15, 0.2) is 35.0 Å². The van der Waals surface area contributed by atoms with Crippen LogP contribution in [0.15, 0.2) is 6.33 Å². The molecule has 4 N–H and O–H groups in total. The Bertz CT molecular complexity index is 794. The maximum Gasteiger partial charge on any atom is 0.327 e. The predicted molar refractivity (Wildman–Crippen MR) is 82.6 cm³/mol. The molecule has 13 heteroatoms. The summed E-state index contributed by atoms with van der Waals surface area (Å²) in [5.74, 6) is 0.234. The molecule has 0 aliphatic carbocycles. The van der Waals surface area contributed by atoms with Crippen molar-refractivity contribution in [2.75, 3.05) is 31.4 Å². The van der Waals surface area contributed by atoms with Gasteiger partial charge in [-0.25, -0.2) is 18.3 Å². The molecule has 1 fully saturated rings. The van der Waals surface area contributed by atoms with Crippen molar-refractivity contribution in [3.05, 3.63) is 6.33 Å². The molecule has 0 saturated carbocycles. The van der Waals surface area contributed by atoms with E-state index in [-0.39, 0.29) is 11.6 Å². The number of halogens is 2. The number of nitrogen functional groups attached to an aromatic ring is 1. The van der Waals surface area contributed by atoms with Crippen molar-refractivity contribution in [1.29, 1.82) is 0 Å². The molecule has 136 valence electrons. The lowest BCUT2D eigenvalue weighted by atomic mass is 9.98. The largest absolute Gasteiger partial charge is 0.387 e. The van der Waals surface area contributed by atoms with Gasteiger partial charge >= 0.3 is 8.69 Å². The number of nitrogens with one attached hydrogen (secondary N) is 1.